The number of hydrogen-bond acceptors (Lipinski definition) is 6. The molecule has 8 heteroatoms. The molecule has 24 heavy (non-hydrogen) atoms. The van der Waals surface area contributed by atoms with Crippen LogP contribution in [0.15, 0.2) is 6.20 Å². The molecular weight excluding hydrogens is 310 g/mol. The molecule has 0 fully saturated rings. The Morgan fingerprint density at radius 1 is 1.54 bits per heavy atom. The van der Waals surface area contributed by atoms with E-state index in [0.29, 0.717) is 39.1 Å². The Bertz CT molecular complexity index is 522. The summed E-state index contributed by atoms with van der Waals surface area (Å²) in [7, 11) is 1.88. The van der Waals surface area contributed by atoms with E-state index in [4.69, 9.17) is 4.74 Å². The second kappa shape index (κ2) is 9.10. The Morgan fingerprint density at radius 3 is 3.04 bits per heavy atom. The van der Waals surface area contributed by atoms with Gasteiger partial charge in [-0.25, -0.2) is 0 Å². The van der Waals surface area contributed by atoms with Crippen LogP contribution in [0.1, 0.15) is 32.4 Å². The summed E-state index contributed by atoms with van der Waals surface area (Å²) in [6, 6.07) is -0.197. The fourth-order valence-electron chi connectivity index (χ4n) is 2.92. The SMILES string of the molecule is CNC[C@H]1OCc2cn(nn2)CCCC(=O)N([C@@H](C)CO)C[C@H]1C. The molecule has 2 rings (SSSR count). The standard InChI is InChI=1S/C16H29N5O3/c1-12-8-21(13(2)10-22)16(23)5-4-6-20-9-14(18-19-20)11-24-15(12)7-17-3/h9,12-13,15,17,22H,4-8,10-11H2,1-3H3/t12-,13+,15-/m1/s1. The van der Waals surface area contributed by atoms with Crippen molar-refractivity contribution < 1.29 is 14.6 Å². The highest BCUT2D eigenvalue weighted by Gasteiger charge is 2.26. The van der Waals surface area contributed by atoms with Gasteiger partial charge in [0.15, 0.2) is 0 Å². The molecule has 0 radical (unpaired) electrons. The average molecular weight is 339 g/mol. The van der Waals surface area contributed by atoms with Crippen LogP contribution in [0.3, 0.4) is 0 Å². The number of aromatic nitrogens is 3. The quantitative estimate of drug-likeness (QED) is 0.804. The van der Waals surface area contributed by atoms with Crippen LogP contribution in [0.25, 0.3) is 0 Å². The van der Waals surface area contributed by atoms with Crippen molar-refractivity contribution in [2.24, 2.45) is 5.92 Å². The van der Waals surface area contributed by atoms with E-state index in [2.05, 4.69) is 22.6 Å². The number of hydrogen-bond donors (Lipinski definition) is 2. The Labute approximate surface area is 143 Å². The first kappa shape index (κ1) is 18.8. The summed E-state index contributed by atoms with van der Waals surface area (Å²) in [5.41, 5.74) is 0.800. The van der Waals surface area contributed by atoms with Crippen molar-refractivity contribution in [2.75, 3.05) is 26.7 Å². The predicted octanol–water partition coefficient (Wildman–Crippen LogP) is 0.0220. The van der Waals surface area contributed by atoms with Crippen LogP contribution < -0.4 is 5.32 Å². The van der Waals surface area contributed by atoms with Crippen molar-refractivity contribution in [3.63, 3.8) is 0 Å². The van der Waals surface area contributed by atoms with Crippen molar-refractivity contribution in [1.29, 1.82) is 0 Å². The van der Waals surface area contributed by atoms with E-state index in [1.165, 1.54) is 0 Å². The molecule has 1 aromatic heterocycles. The fraction of sp³-hybridized carbons (Fsp3) is 0.812. The van der Waals surface area contributed by atoms with Gasteiger partial charge in [0, 0.05) is 32.0 Å². The van der Waals surface area contributed by atoms with E-state index in [1.807, 2.05) is 20.2 Å². The molecule has 136 valence electrons. The lowest BCUT2D eigenvalue weighted by Gasteiger charge is -2.33. The second-order valence-electron chi connectivity index (χ2n) is 6.54. The summed E-state index contributed by atoms with van der Waals surface area (Å²) in [5.74, 6) is 0.192. The number of aliphatic hydroxyl groups excluding tert-OH is 1. The van der Waals surface area contributed by atoms with E-state index < -0.39 is 0 Å². The number of ether oxygens (including phenoxy) is 1. The van der Waals surface area contributed by atoms with E-state index in [-0.39, 0.29) is 30.6 Å². The van der Waals surface area contributed by atoms with Gasteiger partial charge in [-0.3, -0.25) is 9.48 Å². The van der Waals surface area contributed by atoms with Gasteiger partial charge in [-0.2, -0.15) is 0 Å². The Morgan fingerprint density at radius 2 is 2.33 bits per heavy atom. The van der Waals surface area contributed by atoms with E-state index in [0.717, 1.165) is 5.69 Å². The zero-order valence-electron chi connectivity index (χ0n) is 14.8. The number of carbonyl (C=O) groups is 1. The minimum Gasteiger partial charge on any atom is -0.394 e. The van der Waals surface area contributed by atoms with Gasteiger partial charge in [0.25, 0.3) is 0 Å². The van der Waals surface area contributed by atoms with Crippen molar-refractivity contribution in [2.45, 2.75) is 52.0 Å². The number of nitrogens with zero attached hydrogens (tertiary/aromatic N) is 4. The van der Waals surface area contributed by atoms with Gasteiger partial charge < -0.3 is 20.1 Å². The topological polar surface area (TPSA) is 92.5 Å². The first-order valence-electron chi connectivity index (χ1n) is 8.60. The molecule has 0 aromatic carbocycles. The minimum atomic E-state index is -0.197. The summed E-state index contributed by atoms with van der Waals surface area (Å²) in [4.78, 5) is 14.4. The van der Waals surface area contributed by atoms with Gasteiger partial charge in [-0.15, -0.1) is 5.10 Å². The van der Waals surface area contributed by atoms with Crippen LogP contribution in [0.4, 0.5) is 0 Å². The molecule has 0 spiro atoms. The van der Waals surface area contributed by atoms with E-state index >= 15 is 0 Å². The number of fused-ring (bicyclic) bond motifs is 2. The van der Waals surface area contributed by atoms with E-state index in [1.54, 1.807) is 9.58 Å². The molecule has 0 saturated carbocycles. The number of aliphatic hydroxyl groups is 1. The lowest BCUT2D eigenvalue weighted by Crippen LogP contribution is -2.46. The third kappa shape index (κ3) is 4.99. The molecule has 1 aliphatic rings. The Balaban J connectivity index is 2.18. The second-order valence-corrected chi connectivity index (χ2v) is 6.54. The summed E-state index contributed by atoms with van der Waals surface area (Å²) in [5, 5.41) is 20.8. The first-order chi connectivity index (χ1) is 11.5. The third-order valence-electron chi connectivity index (χ3n) is 4.45. The molecule has 1 aromatic rings. The number of likely N-dealkylation sites (N-methyl/N-ethyl adjacent to an activating group) is 1. The molecule has 0 aliphatic carbocycles. The highest BCUT2D eigenvalue weighted by molar-refractivity contribution is 5.76. The Hall–Kier alpha value is -1.51. The number of carbonyl (C=O) groups excluding carboxylic acids is 1. The van der Waals surface area contributed by atoms with Crippen LogP contribution in [0, 0.1) is 5.92 Å². The summed E-state index contributed by atoms with van der Waals surface area (Å²) in [6.45, 7) is 6.21. The van der Waals surface area contributed by atoms with Gasteiger partial charge in [-0.05, 0) is 20.4 Å². The van der Waals surface area contributed by atoms with Crippen LogP contribution >= 0.6 is 0 Å². The zero-order valence-corrected chi connectivity index (χ0v) is 14.8. The van der Waals surface area contributed by atoms with Crippen LogP contribution in [-0.4, -0.2) is 69.8 Å². The van der Waals surface area contributed by atoms with Crippen LogP contribution in [0.5, 0.6) is 0 Å². The van der Waals surface area contributed by atoms with Gasteiger partial charge in [-0.1, -0.05) is 12.1 Å². The third-order valence-corrected chi connectivity index (χ3v) is 4.45. The van der Waals surface area contributed by atoms with Gasteiger partial charge >= 0.3 is 0 Å². The Kier molecular flexibility index (Phi) is 7.14. The number of aryl methyl sites for hydroxylation is 1. The lowest BCUT2D eigenvalue weighted by atomic mass is 10.0. The summed E-state index contributed by atoms with van der Waals surface area (Å²) in [6.07, 6.45) is 2.95. The summed E-state index contributed by atoms with van der Waals surface area (Å²) >= 11 is 0. The maximum Gasteiger partial charge on any atom is 0.222 e. The molecule has 1 aliphatic heterocycles. The molecule has 0 unspecified atom stereocenters. The maximum atomic E-state index is 12.6. The molecule has 0 saturated heterocycles. The monoisotopic (exact) mass is 339 g/mol. The van der Waals surface area contributed by atoms with Gasteiger partial charge in [0.2, 0.25) is 5.91 Å². The predicted molar refractivity (Wildman–Crippen MR) is 89.2 cm³/mol. The number of nitrogens with one attached hydrogen (secondary N) is 1. The van der Waals surface area contributed by atoms with Gasteiger partial charge in [0.05, 0.1) is 31.6 Å². The largest absolute Gasteiger partial charge is 0.394 e. The maximum absolute atomic E-state index is 12.6. The highest BCUT2D eigenvalue weighted by atomic mass is 16.5. The van der Waals surface area contributed by atoms with E-state index in [9.17, 15) is 9.90 Å². The van der Waals surface area contributed by atoms with Gasteiger partial charge in [0.1, 0.15) is 5.69 Å². The zero-order chi connectivity index (χ0) is 17.5. The first-order valence-corrected chi connectivity index (χ1v) is 8.60. The number of amides is 1. The lowest BCUT2D eigenvalue weighted by molar-refractivity contribution is -0.136. The molecule has 2 N–H and O–H groups in total. The van der Waals surface area contributed by atoms with Crippen molar-refractivity contribution in [3.05, 3.63) is 11.9 Å². The number of rotatable bonds is 4. The smallest absolute Gasteiger partial charge is 0.222 e. The molecule has 8 nitrogen and oxygen atoms in total. The van der Waals surface area contributed by atoms with Crippen molar-refractivity contribution in [3.8, 4) is 0 Å². The van der Waals surface area contributed by atoms with Crippen molar-refractivity contribution in [1.82, 2.24) is 25.2 Å². The normalized spacial score (nSPS) is 24.8. The minimum absolute atomic E-state index is 0.0396. The molecular formula is C16H29N5O3. The fourth-order valence-corrected chi connectivity index (χ4v) is 2.92. The molecule has 2 heterocycles. The highest BCUT2D eigenvalue weighted by Crippen LogP contribution is 2.16. The van der Waals surface area contributed by atoms with Crippen molar-refractivity contribution >= 4 is 5.91 Å². The van der Waals surface area contributed by atoms with Crippen LogP contribution in [-0.2, 0) is 22.7 Å². The molecule has 2 bridgehead atoms. The molecule has 3 atom stereocenters. The average Bonchev–Trinajstić information content (AvgIpc) is 3.02. The summed E-state index contributed by atoms with van der Waals surface area (Å²) < 4.78 is 7.77. The molecule has 1 amide bonds. The van der Waals surface area contributed by atoms with Crippen LogP contribution in [0.2, 0.25) is 0 Å².